The number of ether oxygens (including phenoxy) is 2. The molecule has 0 heterocycles. The van der Waals surface area contributed by atoms with Crippen LogP contribution in [0.1, 0.15) is 52.0 Å². The monoisotopic (exact) mass is 376 g/mol. The smallest absolute Gasteiger partial charge is 0.407 e. The average molecular weight is 376 g/mol. The standard InChI is InChI=1S/C21H32N2O4/c1-14(2)19(23-21(25)26-4)20(24)22-17-9-6-8-16(12-17)13-27-18-10-5-7-15(3)11-18/h6,8-9,12,14-15,18-19H,5,7,10-11,13H2,1-4H3,(H,22,24)(H,23,25). The second-order valence-electron chi connectivity index (χ2n) is 7.75. The number of benzene rings is 1. The molecule has 2 N–H and O–H groups in total. The molecule has 150 valence electrons. The molecule has 0 spiro atoms. The summed E-state index contributed by atoms with van der Waals surface area (Å²) in [6.45, 7) is 6.56. The van der Waals surface area contributed by atoms with E-state index in [9.17, 15) is 9.59 Å². The molecule has 0 radical (unpaired) electrons. The van der Waals surface area contributed by atoms with Gasteiger partial charge in [-0.1, -0.05) is 45.7 Å². The molecule has 6 heteroatoms. The minimum absolute atomic E-state index is 0.0658. The maximum absolute atomic E-state index is 12.5. The van der Waals surface area contributed by atoms with E-state index in [0.717, 1.165) is 24.3 Å². The maximum Gasteiger partial charge on any atom is 0.407 e. The quantitative estimate of drug-likeness (QED) is 0.751. The number of carbonyl (C=O) groups is 2. The van der Waals surface area contributed by atoms with Crippen LogP contribution in [0.25, 0.3) is 0 Å². The minimum Gasteiger partial charge on any atom is -0.453 e. The van der Waals surface area contributed by atoms with Crippen molar-refractivity contribution in [1.82, 2.24) is 5.32 Å². The summed E-state index contributed by atoms with van der Waals surface area (Å²) >= 11 is 0. The van der Waals surface area contributed by atoms with Crippen molar-refractivity contribution in [1.29, 1.82) is 0 Å². The van der Waals surface area contributed by atoms with Crippen molar-refractivity contribution in [2.75, 3.05) is 12.4 Å². The van der Waals surface area contributed by atoms with Gasteiger partial charge in [0.05, 0.1) is 19.8 Å². The molecule has 1 aromatic rings. The van der Waals surface area contributed by atoms with Gasteiger partial charge < -0.3 is 20.1 Å². The van der Waals surface area contributed by atoms with E-state index in [2.05, 4.69) is 22.3 Å². The molecule has 3 unspecified atom stereocenters. The molecule has 1 saturated carbocycles. The fourth-order valence-corrected chi connectivity index (χ4v) is 3.42. The predicted octanol–water partition coefficient (Wildman–Crippen LogP) is 4.10. The van der Waals surface area contributed by atoms with Crippen LogP contribution in [0.3, 0.4) is 0 Å². The molecule has 1 fully saturated rings. The van der Waals surface area contributed by atoms with Crippen LogP contribution in [0.5, 0.6) is 0 Å². The Kier molecular flexibility index (Phi) is 8.10. The van der Waals surface area contributed by atoms with E-state index >= 15 is 0 Å². The van der Waals surface area contributed by atoms with Gasteiger partial charge in [-0.15, -0.1) is 0 Å². The number of anilines is 1. The Morgan fingerprint density at radius 1 is 1.26 bits per heavy atom. The molecule has 1 aliphatic carbocycles. The zero-order chi connectivity index (χ0) is 19.8. The highest BCUT2D eigenvalue weighted by molar-refractivity contribution is 5.96. The van der Waals surface area contributed by atoms with E-state index in [4.69, 9.17) is 4.74 Å². The second kappa shape index (κ2) is 10.3. The summed E-state index contributed by atoms with van der Waals surface area (Å²) in [5, 5.41) is 5.45. The summed E-state index contributed by atoms with van der Waals surface area (Å²) in [7, 11) is 1.28. The van der Waals surface area contributed by atoms with Crippen molar-refractivity contribution in [3.05, 3.63) is 29.8 Å². The number of carbonyl (C=O) groups excluding carboxylic acids is 2. The molecule has 0 bridgehead atoms. The van der Waals surface area contributed by atoms with E-state index in [0.29, 0.717) is 18.4 Å². The number of amides is 2. The Balaban J connectivity index is 1.93. The molecule has 2 rings (SSSR count). The Morgan fingerprint density at radius 2 is 2.04 bits per heavy atom. The normalized spacial score (nSPS) is 20.8. The zero-order valence-corrected chi connectivity index (χ0v) is 16.8. The molecule has 27 heavy (non-hydrogen) atoms. The van der Waals surface area contributed by atoms with Gasteiger partial charge >= 0.3 is 6.09 Å². The van der Waals surface area contributed by atoms with Gasteiger partial charge in [-0.25, -0.2) is 4.79 Å². The number of rotatable bonds is 7. The fraction of sp³-hybridized carbons (Fsp3) is 0.619. The second-order valence-corrected chi connectivity index (χ2v) is 7.75. The first-order valence-electron chi connectivity index (χ1n) is 9.75. The van der Waals surface area contributed by atoms with Gasteiger partial charge in [0.1, 0.15) is 6.04 Å². The lowest BCUT2D eigenvalue weighted by Crippen LogP contribution is -2.47. The van der Waals surface area contributed by atoms with Crippen LogP contribution in [0, 0.1) is 11.8 Å². The molecule has 0 aromatic heterocycles. The van der Waals surface area contributed by atoms with Crippen LogP contribution in [-0.4, -0.2) is 31.3 Å². The molecule has 1 aromatic carbocycles. The predicted molar refractivity (Wildman–Crippen MR) is 105 cm³/mol. The van der Waals surface area contributed by atoms with Crippen molar-refractivity contribution in [2.24, 2.45) is 11.8 Å². The Bertz CT molecular complexity index is 632. The largest absolute Gasteiger partial charge is 0.453 e. The van der Waals surface area contributed by atoms with Gasteiger partial charge in [0.25, 0.3) is 0 Å². The lowest BCUT2D eigenvalue weighted by molar-refractivity contribution is -0.119. The number of nitrogens with one attached hydrogen (secondary N) is 2. The number of methoxy groups -OCH3 is 1. The maximum atomic E-state index is 12.5. The van der Waals surface area contributed by atoms with Crippen LogP contribution >= 0.6 is 0 Å². The molecular weight excluding hydrogens is 344 g/mol. The first-order chi connectivity index (χ1) is 12.9. The lowest BCUT2D eigenvalue weighted by atomic mass is 9.89. The summed E-state index contributed by atoms with van der Waals surface area (Å²) in [5.41, 5.74) is 1.71. The van der Waals surface area contributed by atoms with Gasteiger partial charge in [-0.3, -0.25) is 4.79 Å². The highest BCUT2D eigenvalue weighted by atomic mass is 16.5. The van der Waals surface area contributed by atoms with E-state index in [1.807, 2.05) is 38.1 Å². The zero-order valence-electron chi connectivity index (χ0n) is 16.8. The fourth-order valence-electron chi connectivity index (χ4n) is 3.42. The SMILES string of the molecule is COC(=O)NC(C(=O)Nc1cccc(COC2CCCC(C)C2)c1)C(C)C. The summed E-state index contributed by atoms with van der Waals surface area (Å²) < 4.78 is 10.7. The van der Waals surface area contributed by atoms with Crippen molar-refractivity contribution in [3.8, 4) is 0 Å². The van der Waals surface area contributed by atoms with Gasteiger partial charge in [0.2, 0.25) is 5.91 Å². The molecule has 0 saturated heterocycles. The van der Waals surface area contributed by atoms with Crippen LogP contribution in [-0.2, 0) is 20.9 Å². The van der Waals surface area contributed by atoms with Gasteiger partial charge in [0.15, 0.2) is 0 Å². The molecule has 6 nitrogen and oxygen atoms in total. The summed E-state index contributed by atoms with van der Waals surface area (Å²) in [4.78, 5) is 24.0. The van der Waals surface area contributed by atoms with Crippen LogP contribution in [0.4, 0.5) is 10.5 Å². The number of hydrogen-bond donors (Lipinski definition) is 2. The highest BCUT2D eigenvalue weighted by Crippen LogP contribution is 2.26. The third-order valence-electron chi connectivity index (χ3n) is 4.98. The molecule has 3 atom stereocenters. The van der Waals surface area contributed by atoms with Gasteiger partial charge in [0, 0.05) is 5.69 Å². The third-order valence-corrected chi connectivity index (χ3v) is 4.98. The first kappa shape index (κ1) is 21.2. The minimum atomic E-state index is -0.666. The van der Waals surface area contributed by atoms with E-state index in [1.54, 1.807) is 0 Å². The van der Waals surface area contributed by atoms with Crippen molar-refractivity contribution in [2.45, 2.75) is 65.2 Å². The highest BCUT2D eigenvalue weighted by Gasteiger charge is 2.24. The van der Waals surface area contributed by atoms with E-state index < -0.39 is 12.1 Å². The van der Waals surface area contributed by atoms with Gasteiger partial charge in [-0.05, 0) is 42.4 Å². The third kappa shape index (κ3) is 6.86. The van der Waals surface area contributed by atoms with Crippen molar-refractivity contribution < 1.29 is 19.1 Å². The van der Waals surface area contributed by atoms with E-state index in [-0.39, 0.29) is 11.8 Å². The van der Waals surface area contributed by atoms with Crippen molar-refractivity contribution >= 4 is 17.7 Å². The summed E-state index contributed by atoms with van der Waals surface area (Å²) in [5.74, 6) is 0.392. The van der Waals surface area contributed by atoms with E-state index in [1.165, 1.54) is 20.0 Å². The Hall–Kier alpha value is -2.08. The van der Waals surface area contributed by atoms with Crippen LogP contribution < -0.4 is 10.6 Å². The summed E-state index contributed by atoms with van der Waals surface area (Å²) in [6, 6.07) is 6.98. The van der Waals surface area contributed by atoms with Crippen molar-refractivity contribution in [3.63, 3.8) is 0 Å². The Morgan fingerprint density at radius 3 is 2.70 bits per heavy atom. The molecule has 2 amide bonds. The number of hydrogen-bond acceptors (Lipinski definition) is 4. The number of alkyl carbamates (subject to hydrolysis) is 1. The summed E-state index contributed by atoms with van der Waals surface area (Å²) in [6.07, 6.45) is 4.46. The van der Waals surface area contributed by atoms with Crippen LogP contribution in [0.2, 0.25) is 0 Å². The Labute approximate surface area is 162 Å². The topological polar surface area (TPSA) is 76.7 Å². The first-order valence-corrected chi connectivity index (χ1v) is 9.75. The molecule has 1 aliphatic rings. The van der Waals surface area contributed by atoms with Gasteiger partial charge in [-0.2, -0.15) is 0 Å². The lowest BCUT2D eigenvalue weighted by Gasteiger charge is -2.26. The van der Waals surface area contributed by atoms with Crippen LogP contribution in [0.15, 0.2) is 24.3 Å². The molecular formula is C21H32N2O4. The average Bonchev–Trinajstić information content (AvgIpc) is 2.64. The molecule has 0 aliphatic heterocycles.